The van der Waals surface area contributed by atoms with Crippen LogP contribution in [0.3, 0.4) is 0 Å². The molecule has 2 rings (SSSR count). The third-order valence-electron chi connectivity index (χ3n) is 3.59. The zero-order valence-electron chi connectivity index (χ0n) is 11.6. The van der Waals surface area contributed by atoms with Crippen molar-refractivity contribution in [3.8, 4) is 6.07 Å². The number of nitriles is 1. The van der Waals surface area contributed by atoms with Crippen molar-refractivity contribution in [3.05, 3.63) is 34.1 Å². The molecule has 19 heavy (non-hydrogen) atoms. The smallest absolute Gasteiger partial charge is 0.144 e. The number of ketones is 1. The average Bonchev–Trinajstić information content (AvgIpc) is 3.12. The van der Waals surface area contributed by atoms with E-state index in [1.165, 1.54) is 6.92 Å². The second kappa shape index (κ2) is 5.13. The number of halogens is 1. The number of benzene rings is 1. The predicted molar refractivity (Wildman–Crippen MR) is 71.6 cm³/mol. The summed E-state index contributed by atoms with van der Waals surface area (Å²) in [4.78, 5) is 11.5. The molecule has 0 atom stereocenters. The first-order valence-electron chi connectivity index (χ1n) is 6.70. The van der Waals surface area contributed by atoms with Crippen LogP contribution >= 0.6 is 0 Å². The van der Waals surface area contributed by atoms with Gasteiger partial charge in [0.1, 0.15) is 17.7 Å². The molecule has 1 fully saturated rings. The molecule has 1 aliphatic rings. The van der Waals surface area contributed by atoms with Crippen molar-refractivity contribution < 1.29 is 9.18 Å². The van der Waals surface area contributed by atoms with Crippen LogP contribution in [-0.4, -0.2) is 5.78 Å². The van der Waals surface area contributed by atoms with Crippen LogP contribution in [0, 0.1) is 17.1 Å². The minimum atomic E-state index is -0.446. The topological polar surface area (TPSA) is 40.9 Å². The van der Waals surface area contributed by atoms with Crippen molar-refractivity contribution in [2.24, 2.45) is 0 Å². The Morgan fingerprint density at radius 3 is 2.58 bits per heavy atom. The molecule has 0 N–H and O–H groups in total. The summed E-state index contributed by atoms with van der Waals surface area (Å²) in [6.45, 7) is 5.33. The number of carbonyl (C=O) groups excluding carboxylic acids is 1. The normalized spacial score (nSPS) is 14.5. The van der Waals surface area contributed by atoms with E-state index in [9.17, 15) is 9.18 Å². The second-order valence-corrected chi connectivity index (χ2v) is 5.64. The Balaban J connectivity index is 2.68. The molecular weight excluding hydrogens is 241 g/mol. The van der Waals surface area contributed by atoms with Crippen molar-refractivity contribution in [2.45, 2.75) is 51.9 Å². The summed E-state index contributed by atoms with van der Waals surface area (Å²) in [6.07, 6.45) is 2.40. The molecular formula is C16H18FNO. The number of hydrogen-bond acceptors (Lipinski definition) is 2. The van der Waals surface area contributed by atoms with Crippen LogP contribution in [0.4, 0.5) is 4.39 Å². The molecule has 0 heterocycles. The molecule has 1 aromatic rings. The predicted octanol–water partition coefficient (Wildman–Crippen LogP) is 3.83. The second-order valence-electron chi connectivity index (χ2n) is 5.64. The van der Waals surface area contributed by atoms with Gasteiger partial charge in [-0.25, -0.2) is 4.39 Å². The highest BCUT2D eigenvalue weighted by molar-refractivity contribution is 5.79. The van der Waals surface area contributed by atoms with Gasteiger partial charge in [-0.1, -0.05) is 13.8 Å². The fourth-order valence-corrected chi connectivity index (χ4v) is 2.63. The van der Waals surface area contributed by atoms with Crippen molar-refractivity contribution in [1.82, 2.24) is 0 Å². The van der Waals surface area contributed by atoms with Crippen molar-refractivity contribution in [2.75, 3.05) is 0 Å². The van der Waals surface area contributed by atoms with Gasteiger partial charge in [0.15, 0.2) is 0 Å². The Kier molecular flexibility index (Phi) is 3.71. The van der Waals surface area contributed by atoms with Crippen LogP contribution in [-0.2, 0) is 11.2 Å². The van der Waals surface area contributed by atoms with Crippen LogP contribution < -0.4 is 0 Å². The lowest BCUT2D eigenvalue weighted by molar-refractivity contribution is -0.116. The van der Waals surface area contributed by atoms with Gasteiger partial charge in [0.2, 0.25) is 0 Å². The van der Waals surface area contributed by atoms with Gasteiger partial charge in [0, 0.05) is 6.42 Å². The lowest BCUT2D eigenvalue weighted by atomic mass is 9.86. The zero-order valence-corrected chi connectivity index (χ0v) is 11.6. The molecule has 0 bridgehead atoms. The maximum atomic E-state index is 14.4. The number of Topliss-reactive ketones (excluding diaryl/α,β-unsaturated/α-hetero) is 1. The minimum absolute atomic E-state index is 0.0276. The number of carbonyl (C=O) groups is 1. The number of hydrogen-bond donors (Lipinski definition) is 0. The van der Waals surface area contributed by atoms with Crippen LogP contribution in [0.5, 0.6) is 0 Å². The molecule has 0 unspecified atom stereocenters. The lowest BCUT2D eigenvalue weighted by Gasteiger charge is -2.18. The molecule has 0 radical (unpaired) electrons. The Morgan fingerprint density at radius 1 is 1.53 bits per heavy atom. The Bertz CT molecular complexity index is 565. The molecule has 0 aliphatic heterocycles. The molecule has 0 amide bonds. The van der Waals surface area contributed by atoms with E-state index in [4.69, 9.17) is 5.26 Å². The fourth-order valence-electron chi connectivity index (χ4n) is 2.63. The number of nitrogens with zero attached hydrogens (tertiary/aromatic N) is 1. The highest BCUT2D eigenvalue weighted by Crippen LogP contribution is 2.44. The Labute approximate surface area is 113 Å². The highest BCUT2D eigenvalue weighted by atomic mass is 19.1. The zero-order chi connectivity index (χ0) is 14.2. The van der Waals surface area contributed by atoms with Crippen LogP contribution in [0.15, 0.2) is 6.07 Å². The van der Waals surface area contributed by atoms with E-state index in [2.05, 4.69) is 0 Å². The van der Waals surface area contributed by atoms with Crippen molar-refractivity contribution in [3.63, 3.8) is 0 Å². The van der Waals surface area contributed by atoms with Gasteiger partial charge in [-0.15, -0.1) is 0 Å². The lowest BCUT2D eigenvalue weighted by Crippen LogP contribution is -2.10. The van der Waals surface area contributed by atoms with Gasteiger partial charge < -0.3 is 0 Å². The Hall–Kier alpha value is -1.69. The quantitative estimate of drug-likeness (QED) is 0.824. The molecule has 1 saturated carbocycles. The molecule has 0 saturated heterocycles. The molecule has 3 heteroatoms. The minimum Gasteiger partial charge on any atom is -0.300 e. The maximum Gasteiger partial charge on any atom is 0.144 e. The standard InChI is InChI=1S/C16H18FNO/c1-9(2)15-14(6-10(3)19)13(11-4-5-11)7-12(8-18)16(15)17/h7,9,11H,4-6H2,1-3H3. The van der Waals surface area contributed by atoms with Gasteiger partial charge in [-0.3, -0.25) is 4.79 Å². The average molecular weight is 259 g/mol. The summed E-state index contributed by atoms with van der Waals surface area (Å²) in [5.41, 5.74) is 2.49. The third-order valence-corrected chi connectivity index (χ3v) is 3.59. The summed E-state index contributed by atoms with van der Waals surface area (Å²) in [5.74, 6) is -0.0363. The molecule has 0 aromatic heterocycles. The third kappa shape index (κ3) is 2.68. The number of rotatable bonds is 4. The van der Waals surface area contributed by atoms with Gasteiger partial charge in [0.25, 0.3) is 0 Å². The summed E-state index contributed by atoms with van der Waals surface area (Å²) in [6, 6.07) is 3.58. The maximum absolute atomic E-state index is 14.4. The highest BCUT2D eigenvalue weighted by Gasteiger charge is 2.30. The van der Waals surface area contributed by atoms with Gasteiger partial charge in [-0.05, 0) is 54.4 Å². The summed E-state index contributed by atoms with van der Waals surface area (Å²) in [7, 11) is 0. The SMILES string of the molecule is CC(=O)Cc1c(C2CC2)cc(C#N)c(F)c1C(C)C. The molecule has 1 aromatic carbocycles. The van der Waals surface area contributed by atoms with Crippen LogP contribution in [0.25, 0.3) is 0 Å². The van der Waals surface area contributed by atoms with Crippen LogP contribution in [0.1, 0.15) is 67.7 Å². The van der Waals surface area contributed by atoms with Crippen molar-refractivity contribution in [1.29, 1.82) is 5.26 Å². The summed E-state index contributed by atoms with van der Waals surface area (Å²) < 4.78 is 14.4. The monoisotopic (exact) mass is 259 g/mol. The molecule has 0 spiro atoms. The summed E-state index contributed by atoms with van der Waals surface area (Å²) >= 11 is 0. The van der Waals surface area contributed by atoms with Crippen LogP contribution in [0.2, 0.25) is 0 Å². The summed E-state index contributed by atoms with van der Waals surface area (Å²) in [5, 5.41) is 9.07. The van der Waals surface area contributed by atoms with E-state index in [1.807, 2.05) is 19.9 Å². The van der Waals surface area contributed by atoms with Gasteiger partial charge >= 0.3 is 0 Å². The first-order valence-corrected chi connectivity index (χ1v) is 6.70. The Morgan fingerprint density at radius 2 is 2.16 bits per heavy atom. The van der Waals surface area contributed by atoms with Gasteiger partial charge in [0.05, 0.1) is 5.56 Å². The molecule has 100 valence electrons. The van der Waals surface area contributed by atoms with E-state index in [1.54, 1.807) is 6.07 Å². The largest absolute Gasteiger partial charge is 0.300 e. The van der Waals surface area contributed by atoms with E-state index < -0.39 is 5.82 Å². The van der Waals surface area contributed by atoms with E-state index in [-0.39, 0.29) is 23.7 Å². The van der Waals surface area contributed by atoms with Crippen molar-refractivity contribution >= 4 is 5.78 Å². The van der Waals surface area contributed by atoms with E-state index >= 15 is 0 Å². The first-order chi connectivity index (χ1) is 8.95. The first kappa shape index (κ1) is 13.7. The molecule has 1 aliphatic carbocycles. The fraction of sp³-hybridized carbons (Fsp3) is 0.500. The van der Waals surface area contributed by atoms with Gasteiger partial charge in [-0.2, -0.15) is 5.26 Å². The molecule has 2 nitrogen and oxygen atoms in total. The van der Waals surface area contributed by atoms with E-state index in [0.717, 1.165) is 24.0 Å². The van der Waals surface area contributed by atoms with E-state index in [0.29, 0.717) is 11.5 Å².